The van der Waals surface area contributed by atoms with Crippen molar-refractivity contribution in [1.82, 2.24) is 9.78 Å². The first-order valence-corrected chi connectivity index (χ1v) is 10.5. The highest BCUT2D eigenvalue weighted by Gasteiger charge is 2.46. The average Bonchev–Trinajstić information content (AvgIpc) is 3.11. The second-order valence-electron chi connectivity index (χ2n) is 7.40. The van der Waals surface area contributed by atoms with Crippen molar-refractivity contribution in [3.8, 4) is 0 Å². The van der Waals surface area contributed by atoms with Gasteiger partial charge in [0, 0.05) is 15.4 Å². The van der Waals surface area contributed by atoms with Gasteiger partial charge in [-0.05, 0) is 29.8 Å². The smallest absolute Gasteiger partial charge is 0.359 e. The number of nitrogens with zero attached hydrogens (tertiary/aromatic N) is 2. The number of halogens is 2. The Hall–Kier alpha value is -2.24. The lowest BCUT2D eigenvalue weighted by atomic mass is 9.99. The minimum atomic E-state index is -1.74. The fourth-order valence-corrected chi connectivity index (χ4v) is 4.23. The largest absolute Gasteiger partial charge is 0.452 e. The molecule has 4 N–H and O–H groups in total. The predicted molar refractivity (Wildman–Crippen MR) is 114 cm³/mol. The first-order chi connectivity index (χ1) is 15.3. The molecule has 2 aromatic carbocycles. The van der Waals surface area contributed by atoms with Crippen LogP contribution in [-0.2, 0) is 16.0 Å². The van der Waals surface area contributed by atoms with E-state index in [0.29, 0.717) is 20.9 Å². The van der Waals surface area contributed by atoms with Gasteiger partial charge in [0.1, 0.15) is 18.3 Å². The van der Waals surface area contributed by atoms with Crippen LogP contribution in [0, 0.1) is 0 Å². The van der Waals surface area contributed by atoms with Gasteiger partial charge in [0.2, 0.25) is 0 Å². The number of aromatic nitrogens is 2. The fourth-order valence-electron chi connectivity index (χ4n) is 3.66. The van der Waals surface area contributed by atoms with Crippen LogP contribution in [0.4, 0.5) is 0 Å². The van der Waals surface area contributed by atoms with Crippen molar-refractivity contribution in [3.63, 3.8) is 0 Å². The van der Waals surface area contributed by atoms with Gasteiger partial charge in [-0.2, -0.15) is 5.10 Å². The van der Waals surface area contributed by atoms with Crippen LogP contribution >= 0.6 is 23.2 Å². The Balaban J connectivity index is 1.65. The third-order valence-electron chi connectivity index (χ3n) is 5.19. The Morgan fingerprint density at radius 1 is 1.09 bits per heavy atom. The van der Waals surface area contributed by atoms with Crippen molar-refractivity contribution in [2.45, 2.75) is 37.3 Å². The molecule has 0 saturated carbocycles. The minimum absolute atomic E-state index is 0.0466. The van der Waals surface area contributed by atoms with Gasteiger partial charge < -0.3 is 29.9 Å². The molecule has 9 nitrogen and oxygen atoms in total. The summed E-state index contributed by atoms with van der Waals surface area (Å²) in [6.07, 6.45) is -7.76. The maximum atomic E-state index is 12.9. The summed E-state index contributed by atoms with van der Waals surface area (Å²) in [6, 6.07) is 12.0. The topological polar surface area (TPSA) is 134 Å². The Kier molecular flexibility index (Phi) is 6.68. The Labute approximate surface area is 192 Å². The van der Waals surface area contributed by atoms with E-state index in [4.69, 9.17) is 32.7 Å². The number of benzene rings is 2. The molecule has 32 heavy (non-hydrogen) atoms. The van der Waals surface area contributed by atoms with Crippen LogP contribution in [0.3, 0.4) is 0 Å². The molecule has 2 heterocycles. The number of para-hydroxylation sites is 1. The zero-order valence-electron chi connectivity index (χ0n) is 16.5. The zero-order valence-corrected chi connectivity index (χ0v) is 18.0. The summed E-state index contributed by atoms with van der Waals surface area (Å²) in [5.74, 6) is -0.919. The lowest BCUT2D eigenvalue weighted by Gasteiger charge is -2.39. The van der Waals surface area contributed by atoms with Crippen LogP contribution in [0.1, 0.15) is 16.1 Å². The van der Waals surface area contributed by atoms with E-state index in [1.165, 1.54) is 0 Å². The molecular weight excluding hydrogens is 463 g/mol. The minimum Gasteiger partial charge on any atom is -0.452 e. The van der Waals surface area contributed by atoms with Crippen LogP contribution in [0.15, 0.2) is 42.5 Å². The van der Waals surface area contributed by atoms with Gasteiger partial charge in [0.25, 0.3) is 0 Å². The maximum absolute atomic E-state index is 12.9. The van der Waals surface area contributed by atoms with Crippen LogP contribution in [0.25, 0.3) is 10.9 Å². The SMILES string of the molecule is O=C(O[C@@H]1[C@@H](O)[C@H](O)O[C@H](CO)[C@H]1O)c1nn(Cc2cc(Cl)cc(Cl)c2)c2ccccc12. The second-order valence-corrected chi connectivity index (χ2v) is 8.27. The van der Waals surface area contributed by atoms with E-state index in [1.807, 2.05) is 0 Å². The van der Waals surface area contributed by atoms with Crippen LogP contribution in [-0.4, -0.2) is 73.5 Å². The van der Waals surface area contributed by atoms with Gasteiger partial charge in [-0.15, -0.1) is 0 Å². The standard InChI is InChI=1S/C21H20Cl2N2O7/c22-11-5-10(6-12(23)7-11)8-25-14-4-2-1-3-13(14)16(24-25)20(29)32-19-17(27)15(9-26)31-21(30)18(19)28/h1-7,15,17-19,21,26-28,30H,8-9H2/t15-,17-,18-,19+,21-/m1/s1. The van der Waals surface area contributed by atoms with Gasteiger partial charge >= 0.3 is 5.97 Å². The Morgan fingerprint density at radius 3 is 2.47 bits per heavy atom. The number of hydrogen-bond donors (Lipinski definition) is 4. The summed E-state index contributed by atoms with van der Waals surface area (Å²) in [7, 11) is 0. The molecular formula is C21H20Cl2N2O7. The van der Waals surface area contributed by atoms with Gasteiger partial charge in [-0.1, -0.05) is 41.4 Å². The number of aliphatic hydroxyl groups excluding tert-OH is 4. The summed E-state index contributed by atoms with van der Waals surface area (Å²) < 4.78 is 11.8. The number of carbonyl (C=O) groups excluding carboxylic acids is 1. The van der Waals surface area contributed by atoms with Crippen molar-refractivity contribution in [2.75, 3.05) is 6.61 Å². The lowest BCUT2D eigenvalue weighted by Crippen LogP contribution is -2.59. The van der Waals surface area contributed by atoms with Gasteiger partial charge in [0.05, 0.1) is 18.7 Å². The Morgan fingerprint density at radius 2 is 1.78 bits per heavy atom. The molecule has 4 rings (SSSR count). The molecule has 3 aromatic rings. The maximum Gasteiger partial charge on any atom is 0.359 e. The third kappa shape index (κ3) is 4.46. The quantitative estimate of drug-likeness (QED) is 0.400. The van der Waals surface area contributed by atoms with Gasteiger partial charge in [-0.3, -0.25) is 4.68 Å². The molecule has 0 unspecified atom stereocenters. The normalized spacial score (nSPS) is 25.8. The number of carbonyl (C=O) groups is 1. The van der Waals surface area contributed by atoms with Gasteiger partial charge in [-0.25, -0.2) is 4.79 Å². The molecule has 1 aromatic heterocycles. The van der Waals surface area contributed by atoms with E-state index in [0.717, 1.165) is 5.56 Å². The molecule has 11 heteroatoms. The highest BCUT2D eigenvalue weighted by molar-refractivity contribution is 6.34. The summed E-state index contributed by atoms with van der Waals surface area (Å²) in [4.78, 5) is 12.9. The molecule has 1 saturated heterocycles. The molecule has 0 aliphatic carbocycles. The van der Waals surface area contributed by atoms with Crippen LogP contribution in [0.2, 0.25) is 10.0 Å². The van der Waals surface area contributed by atoms with E-state index >= 15 is 0 Å². The molecule has 0 radical (unpaired) electrons. The van der Waals surface area contributed by atoms with E-state index in [9.17, 15) is 25.2 Å². The molecule has 0 amide bonds. The molecule has 1 fully saturated rings. The number of fused-ring (bicyclic) bond motifs is 1. The van der Waals surface area contributed by atoms with Crippen molar-refractivity contribution < 1.29 is 34.7 Å². The predicted octanol–water partition coefficient (Wildman–Crippen LogP) is 1.35. The molecule has 170 valence electrons. The number of hydrogen-bond acceptors (Lipinski definition) is 8. The molecule has 5 atom stereocenters. The van der Waals surface area contributed by atoms with Gasteiger partial charge in [0.15, 0.2) is 18.1 Å². The molecule has 0 bridgehead atoms. The van der Waals surface area contributed by atoms with Crippen molar-refractivity contribution in [1.29, 1.82) is 0 Å². The zero-order chi connectivity index (χ0) is 23.0. The molecule has 1 aliphatic rings. The highest BCUT2D eigenvalue weighted by Crippen LogP contribution is 2.26. The van der Waals surface area contributed by atoms with Crippen molar-refractivity contribution in [2.24, 2.45) is 0 Å². The van der Waals surface area contributed by atoms with Crippen molar-refractivity contribution in [3.05, 3.63) is 63.8 Å². The first-order valence-electron chi connectivity index (χ1n) is 9.70. The van der Waals surface area contributed by atoms with E-state index in [-0.39, 0.29) is 12.2 Å². The second kappa shape index (κ2) is 9.32. The summed E-state index contributed by atoms with van der Waals surface area (Å²) in [6.45, 7) is -0.374. The van der Waals surface area contributed by atoms with E-state index in [1.54, 1.807) is 47.1 Å². The average molecular weight is 483 g/mol. The number of rotatable bonds is 5. The monoisotopic (exact) mass is 482 g/mol. The Bertz CT molecular complexity index is 1120. The summed E-state index contributed by atoms with van der Waals surface area (Å²) in [5.41, 5.74) is 1.35. The van der Waals surface area contributed by atoms with Crippen molar-refractivity contribution >= 4 is 40.1 Å². The summed E-state index contributed by atoms with van der Waals surface area (Å²) >= 11 is 12.2. The van der Waals surface area contributed by atoms with Crippen LogP contribution in [0.5, 0.6) is 0 Å². The first kappa shape index (κ1) is 22.9. The number of esters is 1. The number of ether oxygens (including phenoxy) is 2. The van der Waals surface area contributed by atoms with E-state index < -0.39 is 43.3 Å². The third-order valence-corrected chi connectivity index (χ3v) is 5.63. The lowest BCUT2D eigenvalue weighted by molar-refractivity contribution is -0.285. The van der Waals surface area contributed by atoms with Crippen LogP contribution < -0.4 is 0 Å². The fraction of sp³-hybridized carbons (Fsp3) is 0.333. The molecule has 0 spiro atoms. The molecule has 1 aliphatic heterocycles. The highest BCUT2D eigenvalue weighted by atomic mass is 35.5. The summed E-state index contributed by atoms with van der Waals surface area (Å²) in [5, 5.41) is 45.3. The van der Waals surface area contributed by atoms with E-state index in [2.05, 4.69) is 5.10 Å². The number of aliphatic hydroxyl groups is 4.